The highest BCUT2D eigenvalue weighted by Gasteiger charge is 2.22. The summed E-state index contributed by atoms with van der Waals surface area (Å²) in [6, 6.07) is 5.30. The van der Waals surface area contributed by atoms with Crippen molar-refractivity contribution in [2.24, 2.45) is 7.05 Å². The van der Waals surface area contributed by atoms with Gasteiger partial charge in [-0.3, -0.25) is 4.68 Å². The Morgan fingerprint density at radius 3 is 2.96 bits per heavy atom. The van der Waals surface area contributed by atoms with E-state index in [1.165, 1.54) is 10.5 Å². The summed E-state index contributed by atoms with van der Waals surface area (Å²) in [5.74, 6) is 2.01. The molecule has 0 amide bonds. The molecule has 23 heavy (non-hydrogen) atoms. The lowest BCUT2D eigenvalue weighted by Crippen LogP contribution is -2.25. The molecule has 6 heteroatoms. The Bertz CT molecular complexity index is 711. The third kappa shape index (κ3) is 3.23. The van der Waals surface area contributed by atoms with Crippen LogP contribution in [0.1, 0.15) is 29.3 Å². The van der Waals surface area contributed by atoms with Crippen molar-refractivity contribution < 1.29 is 4.39 Å². The summed E-state index contributed by atoms with van der Waals surface area (Å²) in [5, 5.41) is 8.14. The van der Waals surface area contributed by atoms with Gasteiger partial charge in [-0.1, -0.05) is 0 Å². The standard InChI is InChI=1S/C17H23FN4S/c1-11-14(17(21(2)3)22(4)20-11)10-19-15-7-8-23-16-6-5-12(18)9-13(15)16/h5-6,9,15,19H,7-8,10H2,1-4H3/t15-/m1/s1. The zero-order valence-corrected chi connectivity index (χ0v) is 14.9. The van der Waals surface area contributed by atoms with Crippen molar-refractivity contribution in [3.63, 3.8) is 0 Å². The first-order chi connectivity index (χ1) is 11.0. The summed E-state index contributed by atoms with van der Waals surface area (Å²) < 4.78 is 15.5. The average molecular weight is 334 g/mol. The Labute approximate surface area is 141 Å². The maximum Gasteiger partial charge on any atom is 0.130 e. The van der Waals surface area contributed by atoms with Gasteiger partial charge in [0.25, 0.3) is 0 Å². The molecule has 0 spiro atoms. The molecule has 4 nitrogen and oxygen atoms in total. The molecule has 0 unspecified atom stereocenters. The molecule has 2 aromatic rings. The number of benzene rings is 1. The molecule has 1 aromatic heterocycles. The molecule has 1 aromatic carbocycles. The molecule has 1 aliphatic heterocycles. The number of rotatable bonds is 4. The van der Waals surface area contributed by atoms with Gasteiger partial charge in [0, 0.05) is 44.2 Å². The molecule has 0 fully saturated rings. The van der Waals surface area contributed by atoms with Crippen molar-refractivity contribution in [3.8, 4) is 0 Å². The molecule has 1 N–H and O–H groups in total. The number of halogens is 1. The van der Waals surface area contributed by atoms with E-state index < -0.39 is 0 Å². The van der Waals surface area contributed by atoms with Gasteiger partial charge in [0.15, 0.2) is 0 Å². The zero-order valence-electron chi connectivity index (χ0n) is 14.1. The number of nitrogens with zero attached hydrogens (tertiary/aromatic N) is 3. The predicted molar refractivity (Wildman–Crippen MR) is 93.6 cm³/mol. The van der Waals surface area contributed by atoms with Gasteiger partial charge in [-0.15, -0.1) is 11.8 Å². The first-order valence-electron chi connectivity index (χ1n) is 7.82. The Hall–Kier alpha value is -1.53. The van der Waals surface area contributed by atoms with E-state index in [0.29, 0.717) is 0 Å². The molecule has 1 atom stereocenters. The quantitative estimate of drug-likeness (QED) is 0.930. The van der Waals surface area contributed by atoms with Crippen molar-refractivity contribution in [3.05, 3.63) is 40.8 Å². The number of aryl methyl sites for hydroxylation is 2. The van der Waals surface area contributed by atoms with Gasteiger partial charge in [0.1, 0.15) is 11.6 Å². The van der Waals surface area contributed by atoms with E-state index in [4.69, 9.17) is 0 Å². The minimum Gasteiger partial charge on any atom is -0.363 e. The van der Waals surface area contributed by atoms with Crippen LogP contribution in [-0.2, 0) is 13.6 Å². The van der Waals surface area contributed by atoms with Crippen molar-refractivity contribution in [2.75, 3.05) is 24.7 Å². The number of thioether (sulfide) groups is 1. The summed E-state index contributed by atoms with van der Waals surface area (Å²) in [6.45, 7) is 2.77. The number of nitrogens with one attached hydrogen (secondary N) is 1. The van der Waals surface area contributed by atoms with Crippen LogP contribution in [0.2, 0.25) is 0 Å². The average Bonchev–Trinajstić information content (AvgIpc) is 2.79. The first-order valence-corrected chi connectivity index (χ1v) is 8.81. The van der Waals surface area contributed by atoms with E-state index in [9.17, 15) is 4.39 Å². The van der Waals surface area contributed by atoms with Gasteiger partial charge in [-0.25, -0.2) is 4.39 Å². The lowest BCUT2D eigenvalue weighted by atomic mass is 10.0. The normalized spacial score (nSPS) is 17.2. The van der Waals surface area contributed by atoms with Crippen molar-refractivity contribution in [1.29, 1.82) is 0 Å². The second-order valence-corrected chi connectivity index (χ2v) is 7.30. The molecule has 1 aliphatic rings. The number of hydrogen-bond donors (Lipinski definition) is 1. The van der Waals surface area contributed by atoms with Crippen LogP contribution >= 0.6 is 11.8 Å². The van der Waals surface area contributed by atoms with Crippen molar-refractivity contribution >= 4 is 17.6 Å². The second kappa shape index (κ2) is 6.53. The summed E-state index contributed by atoms with van der Waals surface area (Å²) in [6.07, 6.45) is 1.01. The van der Waals surface area contributed by atoms with Crippen LogP contribution in [0.15, 0.2) is 23.1 Å². The molecule has 0 bridgehead atoms. The van der Waals surface area contributed by atoms with Crippen LogP contribution in [-0.4, -0.2) is 29.6 Å². The molecule has 0 radical (unpaired) electrons. The Morgan fingerprint density at radius 1 is 1.43 bits per heavy atom. The highest BCUT2D eigenvalue weighted by molar-refractivity contribution is 7.99. The first kappa shape index (κ1) is 16.3. The minimum atomic E-state index is -0.162. The Morgan fingerprint density at radius 2 is 2.22 bits per heavy atom. The summed E-state index contributed by atoms with van der Waals surface area (Å²) in [5.41, 5.74) is 3.32. The SMILES string of the molecule is Cc1nn(C)c(N(C)C)c1CN[C@@H]1CCSc2ccc(F)cc21. The smallest absolute Gasteiger partial charge is 0.130 e. The molecule has 0 saturated heterocycles. The predicted octanol–water partition coefficient (Wildman–Crippen LogP) is 3.26. The van der Waals surface area contributed by atoms with Crippen LogP contribution in [0.5, 0.6) is 0 Å². The fourth-order valence-corrected chi connectivity index (χ4v) is 4.36. The molecule has 2 heterocycles. The van der Waals surface area contributed by atoms with Crippen molar-refractivity contribution in [1.82, 2.24) is 15.1 Å². The Balaban J connectivity index is 1.82. The molecular weight excluding hydrogens is 311 g/mol. The van der Waals surface area contributed by atoms with E-state index in [-0.39, 0.29) is 11.9 Å². The second-order valence-electron chi connectivity index (χ2n) is 6.16. The van der Waals surface area contributed by atoms with Crippen LogP contribution in [0.3, 0.4) is 0 Å². The fourth-order valence-electron chi connectivity index (χ4n) is 3.26. The number of anilines is 1. The summed E-state index contributed by atoms with van der Waals surface area (Å²) in [4.78, 5) is 3.27. The topological polar surface area (TPSA) is 33.1 Å². The molecule has 3 rings (SSSR count). The largest absolute Gasteiger partial charge is 0.363 e. The third-order valence-corrected chi connectivity index (χ3v) is 5.40. The minimum absolute atomic E-state index is 0.162. The van der Waals surface area contributed by atoms with Crippen LogP contribution in [0.4, 0.5) is 10.2 Å². The number of fused-ring (bicyclic) bond motifs is 1. The van der Waals surface area contributed by atoms with E-state index >= 15 is 0 Å². The van der Waals surface area contributed by atoms with Gasteiger partial charge in [-0.2, -0.15) is 5.10 Å². The van der Waals surface area contributed by atoms with E-state index in [1.807, 2.05) is 38.8 Å². The zero-order chi connectivity index (χ0) is 16.6. The van der Waals surface area contributed by atoms with E-state index in [0.717, 1.165) is 35.8 Å². The highest BCUT2D eigenvalue weighted by Crippen LogP contribution is 2.37. The van der Waals surface area contributed by atoms with Gasteiger partial charge in [0.2, 0.25) is 0 Å². The van der Waals surface area contributed by atoms with Crippen LogP contribution in [0.25, 0.3) is 0 Å². The van der Waals surface area contributed by atoms with Crippen molar-refractivity contribution in [2.45, 2.75) is 30.8 Å². The van der Waals surface area contributed by atoms with Gasteiger partial charge >= 0.3 is 0 Å². The van der Waals surface area contributed by atoms with Crippen LogP contribution < -0.4 is 10.2 Å². The number of aromatic nitrogens is 2. The van der Waals surface area contributed by atoms with E-state index in [2.05, 4.69) is 15.3 Å². The summed E-state index contributed by atoms with van der Waals surface area (Å²) >= 11 is 1.81. The molecule has 124 valence electrons. The fraction of sp³-hybridized carbons (Fsp3) is 0.471. The highest BCUT2D eigenvalue weighted by atomic mass is 32.2. The van der Waals surface area contributed by atoms with Gasteiger partial charge in [-0.05, 0) is 42.9 Å². The molecular formula is C17H23FN4S. The summed E-state index contributed by atoms with van der Waals surface area (Å²) in [7, 11) is 6.03. The Kier molecular flexibility index (Phi) is 4.64. The maximum atomic E-state index is 13.6. The van der Waals surface area contributed by atoms with Gasteiger partial charge < -0.3 is 10.2 Å². The maximum absolute atomic E-state index is 13.6. The lowest BCUT2D eigenvalue weighted by molar-refractivity contribution is 0.504. The monoisotopic (exact) mass is 334 g/mol. The van der Waals surface area contributed by atoms with Gasteiger partial charge in [0.05, 0.1) is 5.69 Å². The number of hydrogen-bond acceptors (Lipinski definition) is 4. The van der Waals surface area contributed by atoms with E-state index in [1.54, 1.807) is 23.9 Å². The van der Waals surface area contributed by atoms with Crippen LogP contribution in [0, 0.1) is 12.7 Å². The third-order valence-electron chi connectivity index (χ3n) is 4.27. The molecule has 0 aliphatic carbocycles. The lowest BCUT2D eigenvalue weighted by Gasteiger charge is -2.26. The molecule has 0 saturated carbocycles.